The highest BCUT2D eigenvalue weighted by atomic mass is 32.2. The van der Waals surface area contributed by atoms with Crippen molar-refractivity contribution in [2.75, 3.05) is 7.05 Å². The number of aryl methyl sites for hydroxylation is 1. The van der Waals surface area contributed by atoms with E-state index in [9.17, 15) is 26.4 Å². The molecular weight excluding hydrogens is 407 g/mol. The summed E-state index contributed by atoms with van der Waals surface area (Å²) in [5.74, 6) is -0.475. The largest absolute Gasteiger partial charge is 0.416 e. The predicted octanol–water partition coefficient (Wildman–Crippen LogP) is 3.47. The van der Waals surface area contributed by atoms with Gasteiger partial charge in [-0.05, 0) is 43.1 Å². The van der Waals surface area contributed by atoms with Crippen LogP contribution in [0.5, 0.6) is 0 Å². The number of halogens is 3. The Morgan fingerprint density at radius 2 is 1.86 bits per heavy atom. The smallest absolute Gasteiger partial charge is 0.345 e. The van der Waals surface area contributed by atoms with Crippen LogP contribution in [-0.4, -0.2) is 25.9 Å². The molecule has 0 aliphatic rings. The van der Waals surface area contributed by atoms with Crippen molar-refractivity contribution in [3.05, 3.63) is 53.3 Å². The van der Waals surface area contributed by atoms with E-state index in [2.05, 4.69) is 10.0 Å². The van der Waals surface area contributed by atoms with Gasteiger partial charge in [-0.15, -0.1) is 0 Å². The minimum atomic E-state index is -4.49. The quantitative estimate of drug-likeness (QED) is 0.705. The molecule has 160 valence electrons. The van der Waals surface area contributed by atoms with Gasteiger partial charge >= 0.3 is 6.18 Å². The predicted molar refractivity (Wildman–Crippen MR) is 103 cm³/mol. The zero-order valence-corrected chi connectivity index (χ0v) is 17.4. The highest BCUT2D eigenvalue weighted by Crippen LogP contribution is 2.32. The number of carbonyl (C=O) groups excluding carboxylic acids is 1. The van der Waals surface area contributed by atoms with Crippen LogP contribution in [0.2, 0.25) is 0 Å². The first-order valence-corrected chi connectivity index (χ1v) is 10.4. The van der Waals surface area contributed by atoms with Crippen molar-refractivity contribution >= 4 is 15.9 Å². The normalized spacial score (nSPS) is 13.5. The van der Waals surface area contributed by atoms with Crippen LogP contribution in [0, 0.1) is 5.92 Å². The highest BCUT2D eigenvalue weighted by Gasteiger charge is 2.31. The van der Waals surface area contributed by atoms with E-state index in [1.165, 1.54) is 43.1 Å². The Bertz CT molecular complexity index is 982. The Hall–Kier alpha value is -2.33. The Kier molecular flexibility index (Phi) is 6.79. The number of benzene rings is 1. The van der Waals surface area contributed by atoms with Crippen LogP contribution < -0.4 is 10.0 Å². The van der Waals surface area contributed by atoms with Gasteiger partial charge in [-0.1, -0.05) is 26.0 Å². The standard InChI is InChI=1S/C19H24F3N3O3S/c1-12(2)8-16(13-6-5-7-14(9-13)19(20,21)22)24-18(26)17-10-15(11-25(17)4)29(27,28)23-3/h5-7,9-12,16,23H,8H2,1-4H3,(H,24,26). The van der Waals surface area contributed by atoms with Crippen LogP contribution >= 0.6 is 0 Å². The molecule has 0 spiro atoms. The Morgan fingerprint density at radius 3 is 2.41 bits per heavy atom. The lowest BCUT2D eigenvalue weighted by molar-refractivity contribution is -0.137. The number of nitrogens with one attached hydrogen (secondary N) is 2. The summed E-state index contributed by atoms with van der Waals surface area (Å²) in [5.41, 5.74) is -0.377. The molecule has 10 heteroatoms. The van der Waals surface area contributed by atoms with Gasteiger partial charge in [0.05, 0.1) is 11.6 Å². The van der Waals surface area contributed by atoms with Crippen molar-refractivity contribution in [1.29, 1.82) is 0 Å². The maximum atomic E-state index is 13.1. The van der Waals surface area contributed by atoms with Gasteiger partial charge < -0.3 is 9.88 Å². The second-order valence-electron chi connectivity index (χ2n) is 7.16. The van der Waals surface area contributed by atoms with Gasteiger partial charge in [0.2, 0.25) is 10.0 Å². The third-order valence-corrected chi connectivity index (χ3v) is 5.80. The van der Waals surface area contributed by atoms with E-state index in [1.807, 2.05) is 13.8 Å². The van der Waals surface area contributed by atoms with E-state index < -0.39 is 33.7 Å². The summed E-state index contributed by atoms with van der Waals surface area (Å²) in [7, 11) is -0.953. The number of rotatable bonds is 7. The molecular formula is C19H24F3N3O3S. The van der Waals surface area contributed by atoms with Gasteiger partial charge in [-0.3, -0.25) is 4.79 Å². The van der Waals surface area contributed by atoms with Crippen LogP contribution in [0.25, 0.3) is 0 Å². The molecule has 1 unspecified atom stereocenters. The first-order valence-electron chi connectivity index (χ1n) is 8.93. The van der Waals surface area contributed by atoms with Gasteiger partial charge in [0.1, 0.15) is 10.6 Å². The molecule has 6 nitrogen and oxygen atoms in total. The summed E-state index contributed by atoms with van der Waals surface area (Å²) < 4.78 is 66.6. The lowest BCUT2D eigenvalue weighted by Crippen LogP contribution is -2.31. The molecule has 0 radical (unpaired) electrons. The number of carbonyl (C=O) groups is 1. The molecule has 1 amide bonds. The zero-order chi connectivity index (χ0) is 22.0. The second-order valence-corrected chi connectivity index (χ2v) is 9.04. The molecule has 0 saturated heterocycles. The number of aromatic nitrogens is 1. The fourth-order valence-corrected chi connectivity index (χ4v) is 3.74. The molecule has 0 bridgehead atoms. The molecule has 1 heterocycles. The summed E-state index contributed by atoms with van der Waals surface area (Å²) in [4.78, 5) is 12.7. The number of hydrogen-bond donors (Lipinski definition) is 2. The molecule has 2 N–H and O–H groups in total. The van der Waals surface area contributed by atoms with E-state index in [4.69, 9.17) is 0 Å². The van der Waals surface area contributed by atoms with Crippen molar-refractivity contribution in [2.45, 2.75) is 37.4 Å². The van der Waals surface area contributed by atoms with E-state index in [0.717, 1.165) is 12.1 Å². The fraction of sp³-hybridized carbons (Fsp3) is 0.421. The van der Waals surface area contributed by atoms with Crippen LogP contribution in [0.3, 0.4) is 0 Å². The Morgan fingerprint density at radius 1 is 1.21 bits per heavy atom. The van der Waals surface area contributed by atoms with Crippen molar-refractivity contribution < 1.29 is 26.4 Å². The Balaban J connectivity index is 2.36. The molecule has 2 aromatic rings. The van der Waals surface area contributed by atoms with Gasteiger partial charge in [0, 0.05) is 13.2 Å². The van der Waals surface area contributed by atoms with E-state index >= 15 is 0 Å². The van der Waals surface area contributed by atoms with Crippen molar-refractivity contribution in [3.8, 4) is 0 Å². The summed E-state index contributed by atoms with van der Waals surface area (Å²) in [6.45, 7) is 3.79. The maximum Gasteiger partial charge on any atom is 0.416 e. The molecule has 2 rings (SSSR count). The Labute approximate surface area is 168 Å². The van der Waals surface area contributed by atoms with Crippen molar-refractivity contribution in [1.82, 2.24) is 14.6 Å². The van der Waals surface area contributed by atoms with E-state index in [1.54, 1.807) is 0 Å². The monoisotopic (exact) mass is 431 g/mol. The van der Waals surface area contributed by atoms with Crippen LogP contribution in [0.15, 0.2) is 41.4 Å². The number of sulfonamides is 1. The van der Waals surface area contributed by atoms with Gasteiger partial charge in [-0.2, -0.15) is 13.2 Å². The van der Waals surface area contributed by atoms with Gasteiger partial charge in [0.25, 0.3) is 5.91 Å². The topological polar surface area (TPSA) is 80.2 Å². The average Bonchev–Trinajstić information content (AvgIpc) is 3.03. The first-order chi connectivity index (χ1) is 13.3. The third kappa shape index (κ3) is 5.60. The zero-order valence-electron chi connectivity index (χ0n) is 16.5. The maximum absolute atomic E-state index is 13.1. The molecule has 0 aliphatic heterocycles. The summed E-state index contributed by atoms with van der Waals surface area (Å²) >= 11 is 0. The van der Waals surface area contributed by atoms with Crippen molar-refractivity contribution in [2.24, 2.45) is 13.0 Å². The SMILES string of the molecule is CNS(=O)(=O)c1cc(C(=O)NC(CC(C)C)c2cccc(C(F)(F)F)c2)n(C)c1. The molecule has 0 aliphatic carbocycles. The average molecular weight is 431 g/mol. The fourth-order valence-electron chi connectivity index (χ4n) is 2.94. The third-order valence-electron chi connectivity index (χ3n) is 4.42. The lowest BCUT2D eigenvalue weighted by Gasteiger charge is -2.22. The molecule has 1 aromatic heterocycles. The number of amides is 1. The molecule has 1 atom stereocenters. The lowest BCUT2D eigenvalue weighted by atomic mass is 9.95. The molecule has 0 fully saturated rings. The number of alkyl halides is 3. The number of nitrogens with zero attached hydrogens (tertiary/aromatic N) is 1. The summed E-state index contributed by atoms with van der Waals surface area (Å²) in [6.07, 6.45) is -2.78. The van der Waals surface area contributed by atoms with Gasteiger partial charge in [0.15, 0.2) is 0 Å². The molecule has 29 heavy (non-hydrogen) atoms. The van der Waals surface area contributed by atoms with Gasteiger partial charge in [-0.25, -0.2) is 13.1 Å². The van der Waals surface area contributed by atoms with Crippen LogP contribution in [0.4, 0.5) is 13.2 Å². The highest BCUT2D eigenvalue weighted by molar-refractivity contribution is 7.89. The number of hydrogen-bond acceptors (Lipinski definition) is 3. The summed E-state index contributed by atoms with van der Waals surface area (Å²) in [5, 5.41) is 2.74. The minimum Gasteiger partial charge on any atom is -0.345 e. The van der Waals surface area contributed by atoms with E-state index in [0.29, 0.717) is 12.0 Å². The van der Waals surface area contributed by atoms with Crippen molar-refractivity contribution in [3.63, 3.8) is 0 Å². The van der Waals surface area contributed by atoms with Crippen LogP contribution in [0.1, 0.15) is 47.9 Å². The second kappa shape index (κ2) is 8.58. The molecule has 0 saturated carbocycles. The summed E-state index contributed by atoms with van der Waals surface area (Å²) in [6, 6.07) is 5.39. The molecule has 1 aromatic carbocycles. The first kappa shape index (κ1) is 23.0. The van der Waals surface area contributed by atoms with E-state index in [-0.39, 0.29) is 16.5 Å². The minimum absolute atomic E-state index is 0.0767. The van der Waals surface area contributed by atoms with Crippen LogP contribution in [-0.2, 0) is 23.2 Å².